The van der Waals surface area contributed by atoms with Gasteiger partial charge >= 0.3 is 0 Å². The minimum atomic E-state index is 0. The summed E-state index contributed by atoms with van der Waals surface area (Å²) in [4.78, 5) is 11.4. The van der Waals surface area contributed by atoms with E-state index < -0.39 is 0 Å². The number of aromatic nitrogens is 2. The molecule has 4 aromatic rings. The summed E-state index contributed by atoms with van der Waals surface area (Å²) in [5.41, 5.74) is 2.56. The molecule has 0 unspecified atom stereocenters. The van der Waals surface area contributed by atoms with Crippen LogP contribution in [0.2, 0.25) is 0 Å². The molecule has 0 aliphatic carbocycles. The lowest BCUT2D eigenvalue weighted by molar-refractivity contribution is 1.13. The van der Waals surface area contributed by atoms with Gasteiger partial charge in [0.2, 0.25) is 0 Å². The first-order valence-corrected chi connectivity index (χ1v) is 10.4. The quantitative estimate of drug-likeness (QED) is 0.323. The third-order valence-electron chi connectivity index (χ3n) is 4.03. The fraction of sp³-hybridized carbons (Fsp3) is 0.143. The molecule has 4 nitrogen and oxygen atoms in total. The Bertz CT molecular complexity index is 975. The van der Waals surface area contributed by atoms with Gasteiger partial charge in [-0.1, -0.05) is 60.7 Å². The van der Waals surface area contributed by atoms with Gasteiger partial charge in [0.1, 0.15) is 0 Å². The molecule has 0 aliphatic heterocycles. The van der Waals surface area contributed by atoms with Crippen LogP contribution in [0.25, 0.3) is 0 Å². The second kappa shape index (κ2) is 11.8. The summed E-state index contributed by atoms with van der Waals surface area (Å²) in [5, 5.41) is 8.68. The van der Waals surface area contributed by atoms with Gasteiger partial charge in [-0.05, 0) is 11.1 Å². The average molecular weight is 465 g/mol. The average Bonchev–Trinajstić information content (AvgIpc) is 3.36. The molecule has 152 valence electrons. The fourth-order valence-electron chi connectivity index (χ4n) is 2.68. The molecule has 0 amide bonds. The van der Waals surface area contributed by atoms with E-state index in [0.29, 0.717) is 0 Å². The highest BCUT2D eigenvalue weighted by Gasteiger charge is 2.05. The van der Waals surface area contributed by atoms with Gasteiger partial charge in [0.05, 0.1) is 6.54 Å². The molecule has 2 N–H and O–H groups in total. The number of thiazole rings is 2. The van der Waals surface area contributed by atoms with E-state index in [-0.39, 0.29) is 24.8 Å². The standard InChI is InChI=1S/C21H20N4S2.2ClH/c1-3-7-16(8-4-1)11-18-13-23-21(26-18)25-15-19-14-24-20(27-19)22-12-17-9-5-2-6-10-17;;/h1-10,13-14H,11-12,15H2,(H,22,24)(H,23,25);2*1H. The third-order valence-corrected chi connectivity index (χ3v) is 5.94. The van der Waals surface area contributed by atoms with Crippen LogP contribution in [-0.2, 0) is 19.5 Å². The predicted molar refractivity (Wildman–Crippen MR) is 129 cm³/mol. The van der Waals surface area contributed by atoms with Crippen LogP contribution in [0.15, 0.2) is 73.1 Å². The van der Waals surface area contributed by atoms with Crippen LogP contribution in [-0.4, -0.2) is 9.97 Å². The Morgan fingerprint density at radius 3 is 1.79 bits per heavy atom. The van der Waals surface area contributed by atoms with Gasteiger partial charge in [0, 0.05) is 35.1 Å². The molecule has 0 atom stereocenters. The van der Waals surface area contributed by atoms with Crippen LogP contribution < -0.4 is 10.6 Å². The molecule has 0 radical (unpaired) electrons. The second-order valence-electron chi connectivity index (χ2n) is 6.12. The fourth-order valence-corrected chi connectivity index (χ4v) is 4.27. The van der Waals surface area contributed by atoms with Crippen molar-refractivity contribution in [3.05, 3.63) is 93.9 Å². The largest absolute Gasteiger partial charge is 0.357 e. The molecule has 29 heavy (non-hydrogen) atoms. The number of anilines is 2. The minimum absolute atomic E-state index is 0. The van der Waals surface area contributed by atoms with Crippen molar-refractivity contribution in [2.24, 2.45) is 0 Å². The van der Waals surface area contributed by atoms with E-state index >= 15 is 0 Å². The van der Waals surface area contributed by atoms with Crippen molar-refractivity contribution in [1.82, 2.24) is 9.97 Å². The van der Waals surface area contributed by atoms with Gasteiger partial charge in [0.25, 0.3) is 0 Å². The first kappa shape index (κ1) is 23.2. The first-order chi connectivity index (χ1) is 13.3. The summed E-state index contributed by atoms with van der Waals surface area (Å²) in [6.07, 6.45) is 4.80. The van der Waals surface area contributed by atoms with Crippen molar-refractivity contribution < 1.29 is 0 Å². The Kier molecular flexibility index (Phi) is 9.41. The Balaban J connectivity index is 0.00000150. The highest BCUT2D eigenvalue weighted by molar-refractivity contribution is 7.16. The number of nitrogens with one attached hydrogen (secondary N) is 2. The zero-order chi connectivity index (χ0) is 18.3. The maximum absolute atomic E-state index is 4.49. The van der Waals surface area contributed by atoms with Gasteiger partial charge in [-0.25, -0.2) is 9.97 Å². The van der Waals surface area contributed by atoms with Crippen molar-refractivity contribution >= 4 is 57.8 Å². The van der Waals surface area contributed by atoms with Crippen LogP contribution in [0.3, 0.4) is 0 Å². The van der Waals surface area contributed by atoms with E-state index in [0.717, 1.165) is 29.8 Å². The van der Waals surface area contributed by atoms with Gasteiger partial charge in [-0.2, -0.15) is 0 Å². The number of benzene rings is 2. The van der Waals surface area contributed by atoms with Crippen LogP contribution in [0, 0.1) is 0 Å². The molecular formula is C21H22Cl2N4S2. The minimum Gasteiger partial charge on any atom is -0.357 e. The van der Waals surface area contributed by atoms with Gasteiger partial charge < -0.3 is 10.6 Å². The SMILES string of the molecule is Cl.Cl.c1ccc(CNc2ncc(CNc3ncc(Cc4ccccc4)s3)s2)cc1. The maximum atomic E-state index is 4.49. The van der Waals surface area contributed by atoms with Gasteiger partial charge in [-0.3, -0.25) is 0 Å². The van der Waals surface area contributed by atoms with Gasteiger partial charge in [0.15, 0.2) is 10.3 Å². The molecule has 0 aliphatic rings. The third kappa shape index (κ3) is 7.01. The van der Waals surface area contributed by atoms with Crippen molar-refractivity contribution in [2.75, 3.05) is 10.6 Å². The molecule has 0 saturated carbocycles. The second-order valence-corrected chi connectivity index (χ2v) is 8.35. The summed E-state index contributed by atoms with van der Waals surface area (Å²) in [5.74, 6) is 0. The van der Waals surface area contributed by atoms with Crippen LogP contribution >= 0.6 is 47.5 Å². The Labute approximate surface area is 191 Å². The normalized spacial score (nSPS) is 9.93. The van der Waals surface area contributed by atoms with E-state index in [2.05, 4.69) is 57.0 Å². The number of nitrogens with zero attached hydrogens (tertiary/aromatic N) is 2. The highest BCUT2D eigenvalue weighted by atomic mass is 35.5. The molecule has 0 bridgehead atoms. The molecule has 8 heteroatoms. The Morgan fingerprint density at radius 2 is 1.14 bits per heavy atom. The summed E-state index contributed by atoms with van der Waals surface area (Å²) in [7, 11) is 0. The lowest BCUT2D eigenvalue weighted by atomic mass is 10.1. The Hall–Kier alpha value is -2.12. The van der Waals surface area contributed by atoms with Crippen molar-refractivity contribution in [2.45, 2.75) is 19.5 Å². The van der Waals surface area contributed by atoms with Crippen molar-refractivity contribution in [1.29, 1.82) is 0 Å². The van der Waals surface area contributed by atoms with Gasteiger partial charge in [-0.15, -0.1) is 47.5 Å². The monoisotopic (exact) mass is 464 g/mol. The Morgan fingerprint density at radius 1 is 0.621 bits per heavy atom. The maximum Gasteiger partial charge on any atom is 0.183 e. The predicted octanol–water partition coefficient (Wildman–Crippen LogP) is 6.26. The topological polar surface area (TPSA) is 49.8 Å². The van der Waals surface area contributed by atoms with E-state index in [1.54, 1.807) is 22.7 Å². The number of hydrogen-bond donors (Lipinski definition) is 2. The lowest BCUT2D eigenvalue weighted by Gasteiger charge is -2.02. The van der Waals surface area contributed by atoms with Crippen LogP contribution in [0.4, 0.5) is 10.3 Å². The smallest absolute Gasteiger partial charge is 0.183 e. The summed E-state index contributed by atoms with van der Waals surface area (Å²) >= 11 is 3.38. The summed E-state index contributed by atoms with van der Waals surface area (Å²) in [6, 6.07) is 20.8. The molecule has 4 rings (SSSR count). The lowest BCUT2D eigenvalue weighted by Crippen LogP contribution is -1.98. The summed E-state index contributed by atoms with van der Waals surface area (Å²) < 4.78 is 0. The molecule has 0 spiro atoms. The summed E-state index contributed by atoms with van der Waals surface area (Å²) in [6.45, 7) is 1.53. The van der Waals surface area contributed by atoms with E-state index in [4.69, 9.17) is 0 Å². The van der Waals surface area contributed by atoms with Crippen molar-refractivity contribution in [3.63, 3.8) is 0 Å². The highest BCUT2D eigenvalue weighted by Crippen LogP contribution is 2.24. The molecule has 2 aromatic heterocycles. The zero-order valence-electron chi connectivity index (χ0n) is 15.6. The molecule has 0 saturated heterocycles. The van der Waals surface area contributed by atoms with E-state index in [1.165, 1.54) is 20.9 Å². The van der Waals surface area contributed by atoms with Crippen LogP contribution in [0.1, 0.15) is 20.9 Å². The van der Waals surface area contributed by atoms with E-state index in [9.17, 15) is 0 Å². The van der Waals surface area contributed by atoms with Crippen molar-refractivity contribution in [3.8, 4) is 0 Å². The number of halogens is 2. The number of rotatable bonds is 8. The molecular weight excluding hydrogens is 443 g/mol. The molecule has 2 aromatic carbocycles. The molecule has 0 fully saturated rings. The molecule has 2 heterocycles. The van der Waals surface area contributed by atoms with Crippen LogP contribution in [0.5, 0.6) is 0 Å². The first-order valence-electron chi connectivity index (χ1n) is 8.80. The number of hydrogen-bond acceptors (Lipinski definition) is 6. The zero-order valence-corrected chi connectivity index (χ0v) is 18.8. The van der Waals surface area contributed by atoms with E-state index in [1.807, 2.05) is 36.7 Å².